The Morgan fingerprint density at radius 3 is 2.11 bits per heavy atom. The van der Waals surface area contributed by atoms with Gasteiger partial charge in [-0.1, -0.05) is 0 Å². The van der Waals surface area contributed by atoms with Crippen LogP contribution in [-0.2, 0) is 19.2 Å². The van der Waals surface area contributed by atoms with E-state index in [0.29, 0.717) is 0 Å². The highest BCUT2D eigenvalue weighted by atomic mass is 16.4. The van der Waals surface area contributed by atoms with Crippen molar-refractivity contribution >= 4 is 29.7 Å². The summed E-state index contributed by atoms with van der Waals surface area (Å²) in [5.74, 6) is -4.10. The zero-order chi connectivity index (χ0) is 21.1. The van der Waals surface area contributed by atoms with E-state index in [4.69, 9.17) is 22.9 Å². The fourth-order valence-electron chi connectivity index (χ4n) is 2.00. The van der Waals surface area contributed by atoms with E-state index in [0.717, 1.165) is 0 Å². The van der Waals surface area contributed by atoms with Gasteiger partial charge in [0.1, 0.15) is 12.1 Å². The van der Waals surface area contributed by atoms with Gasteiger partial charge in [-0.2, -0.15) is 0 Å². The molecule has 0 saturated carbocycles. The molecule has 12 N–H and O–H groups in total. The third kappa shape index (κ3) is 9.96. The van der Waals surface area contributed by atoms with E-state index in [1.807, 2.05) is 0 Å². The number of hydrogen-bond acceptors (Lipinski definition) is 7. The molecule has 27 heavy (non-hydrogen) atoms. The number of carboxylic acids is 1. The van der Waals surface area contributed by atoms with E-state index in [1.54, 1.807) is 0 Å². The van der Waals surface area contributed by atoms with Crippen LogP contribution in [-0.4, -0.2) is 70.6 Å². The van der Waals surface area contributed by atoms with Gasteiger partial charge in [-0.05, 0) is 19.8 Å². The fraction of sp³-hybridized carbons (Fsp3) is 0.643. The first kappa shape index (κ1) is 24.1. The molecule has 154 valence electrons. The van der Waals surface area contributed by atoms with Crippen LogP contribution in [0.25, 0.3) is 0 Å². The Hall–Kier alpha value is -2.93. The number of carboxylic acid groups (broad SMARTS) is 1. The Kier molecular flexibility index (Phi) is 10.4. The third-order valence-electron chi connectivity index (χ3n) is 3.38. The molecule has 4 atom stereocenters. The molecule has 0 aliphatic carbocycles. The van der Waals surface area contributed by atoms with Crippen LogP contribution in [0.15, 0.2) is 4.99 Å². The maximum absolute atomic E-state index is 12.3. The van der Waals surface area contributed by atoms with Crippen LogP contribution < -0.4 is 33.6 Å². The minimum Gasteiger partial charge on any atom is -0.480 e. The predicted octanol–water partition coefficient (Wildman–Crippen LogP) is -4.32. The number of carbonyl (C=O) groups is 4. The number of hydrogen-bond donors (Lipinski definition) is 8. The molecule has 0 aromatic carbocycles. The molecule has 0 fully saturated rings. The minimum atomic E-state index is -1.48. The molecule has 3 amide bonds. The van der Waals surface area contributed by atoms with Crippen molar-refractivity contribution in [3.05, 3.63) is 0 Å². The zero-order valence-electron chi connectivity index (χ0n) is 14.9. The summed E-state index contributed by atoms with van der Waals surface area (Å²) >= 11 is 0. The lowest BCUT2D eigenvalue weighted by molar-refractivity contribution is -0.143. The molecule has 0 spiro atoms. The standard InChI is InChI=1S/C14H27N7O6/c1-6(22)10(21-11(24)7(15)5-9(16)23)12(25)20-8(13(26)27)3-2-4-19-14(17)18/h6-8,10,22H,2-5,15H2,1H3,(H2,16,23)(H,20,25)(H,21,24)(H,26,27)(H4,17,18,19)/t6-,7+,8+,10+/m1/s1. The van der Waals surface area contributed by atoms with E-state index in [9.17, 15) is 29.4 Å². The van der Waals surface area contributed by atoms with Gasteiger partial charge in [0, 0.05) is 6.54 Å². The summed E-state index contributed by atoms with van der Waals surface area (Å²) in [6, 6.07) is -4.08. The highest BCUT2D eigenvalue weighted by Gasteiger charge is 2.31. The van der Waals surface area contributed by atoms with Crippen molar-refractivity contribution in [1.82, 2.24) is 10.6 Å². The van der Waals surface area contributed by atoms with Crippen LogP contribution >= 0.6 is 0 Å². The van der Waals surface area contributed by atoms with Crippen molar-refractivity contribution in [2.45, 2.75) is 50.4 Å². The van der Waals surface area contributed by atoms with Gasteiger partial charge in [-0.3, -0.25) is 19.4 Å². The number of aliphatic imine (C=N–C) groups is 1. The van der Waals surface area contributed by atoms with Crippen LogP contribution in [0.5, 0.6) is 0 Å². The first-order valence-electron chi connectivity index (χ1n) is 8.06. The van der Waals surface area contributed by atoms with Gasteiger partial charge in [-0.15, -0.1) is 0 Å². The molecule has 0 rings (SSSR count). The van der Waals surface area contributed by atoms with Crippen molar-refractivity contribution in [2.75, 3.05) is 6.54 Å². The van der Waals surface area contributed by atoms with Crippen molar-refractivity contribution in [3.8, 4) is 0 Å². The molecule has 0 saturated heterocycles. The first-order chi connectivity index (χ1) is 12.5. The van der Waals surface area contributed by atoms with Crippen molar-refractivity contribution < 1.29 is 29.4 Å². The Balaban J connectivity index is 4.91. The van der Waals surface area contributed by atoms with E-state index in [2.05, 4.69) is 15.6 Å². The summed E-state index contributed by atoms with van der Waals surface area (Å²) < 4.78 is 0. The van der Waals surface area contributed by atoms with E-state index >= 15 is 0 Å². The number of nitrogens with one attached hydrogen (secondary N) is 2. The summed E-state index contributed by atoms with van der Waals surface area (Å²) in [5, 5.41) is 23.3. The SMILES string of the molecule is C[C@@H](O)[C@H](NC(=O)[C@@H](N)CC(N)=O)C(=O)N[C@@H](CCCN=C(N)N)C(=O)O. The summed E-state index contributed by atoms with van der Waals surface area (Å²) in [6.07, 6.45) is -1.53. The van der Waals surface area contributed by atoms with E-state index < -0.39 is 54.3 Å². The number of nitrogens with zero attached hydrogens (tertiary/aromatic N) is 1. The van der Waals surface area contributed by atoms with Crippen LogP contribution in [0.1, 0.15) is 26.2 Å². The number of aliphatic hydroxyl groups excluding tert-OH is 1. The Morgan fingerprint density at radius 1 is 1.07 bits per heavy atom. The minimum absolute atomic E-state index is 0.0134. The number of rotatable bonds is 12. The molecule has 0 radical (unpaired) electrons. The van der Waals surface area contributed by atoms with E-state index in [-0.39, 0.29) is 25.3 Å². The molecule has 0 unspecified atom stereocenters. The second-order valence-electron chi connectivity index (χ2n) is 5.85. The lowest BCUT2D eigenvalue weighted by Crippen LogP contribution is -2.58. The van der Waals surface area contributed by atoms with Crippen molar-refractivity contribution in [3.63, 3.8) is 0 Å². The maximum Gasteiger partial charge on any atom is 0.326 e. The molecule has 0 aromatic heterocycles. The Bertz CT molecular complexity index is 576. The molecule has 13 nitrogen and oxygen atoms in total. The second-order valence-corrected chi connectivity index (χ2v) is 5.85. The highest BCUT2D eigenvalue weighted by molar-refractivity contribution is 5.93. The number of aliphatic hydroxyl groups is 1. The fourth-order valence-corrected chi connectivity index (χ4v) is 2.00. The average molecular weight is 389 g/mol. The summed E-state index contributed by atoms with van der Waals surface area (Å²) in [6.45, 7) is 1.39. The van der Waals surface area contributed by atoms with E-state index in [1.165, 1.54) is 6.92 Å². The normalized spacial score (nSPS) is 14.9. The van der Waals surface area contributed by atoms with Crippen LogP contribution in [0, 0.1) is 0 Å². The number of guanidine groups is 1. The van der Waals surface area contributed by atoms with Gasteiger partial charge in [0.25, 0.3) is 0 Å². The monoisotopic (exact) mass is 389 g/mol. The highest BCUT2D eigenvalue weighted by Crippen LogP contribution is 2.02. The molecule has 0 heterocycles. The predicted molar refractivity (Wildman–Crippen MR) is 94.9 cm³/mol. The average Bonchev–Trinajstić information content (AvgIpc) is 2.53. The van der Waals surface area contributed by atoms with Gasteiger partial charge < -0.3 is 43.8 Å². The molecule has 0 aliphatic rings. The molecule has 13 heteroatoms. The summed E-state index contributed by atoms with van der Waals surface area (Å²) in [7, 11) is 0. The topological polar surface area (TPSA) is 249 Å². The molecule has 0 aliphatic heterocycles. The van der Waals surface area contributed by atoms with Gasteiger partial charge >= 0.3 is 5.97 Å². The Morgan fingerprint density at radius 2 is 1.67 bits per heavy atom. The molecular weight excluding hydrogens is 362 g/mol. The maximum atomic E-state index is 12.3. The molecule has 0 aromatic rings. The van der Waals surface area contributed by atoms with Gasteiger partial charge in [0.05, 0.1) is 18.6 Å². The molecule has 0 bridgehead atoms. The molecular formula is C14H27N7O6. The smallest absolute Gasteiger partial charge is 0.326 e. The number of amides is 3. The number of aliphatic carboxylic acids is 1. The first-order valence-corrected chi connectivity index (χ1v) is 8.06. The van der Waals surface area contributed by atoms with Crippen LogP contribution in [0.2, 0.25) is 0 Å². The lowest BCUT2D eigenvalue weighted by atomic mass is 10.1. The largest absolute Gasteiger partial charge is 0.480 e. The number of primary amides is 1. The lowest BCUT2D eigenvalue weighted by Gasteiger charge is -2.24. The van der Waals surface area contributed by atoms with Gasteiger partial charge in [-0.25, -0.2) is 4.79 Å². The van der Waals surface area contributed by atoms with Gasteiger partial charge in [0.2, 0.25) is 17.7 Å². The summed E-state index contributed by atoms with van der Waals surface area (Å²) in [4.78, 5) is 50.0. The number of carbonyl (C=O) groups excluding carboxylic acids is 3. The van der Waals surface area contributed by atoms with Crippen molar-refractivity contribution in [1.29, 1.82) is 0 Å². The quantitative estimate of drug-likeness (QED) is 0.0911. The van der Waals surface area contributed by atoms with Crippen LogP contribution in [0.3, 0.4) is 0 Å². The number of nitrogens with two attached hydrogens (primary N) is 4. The third-order valence-corrected chi connectivity index (χ3v) is 3.38. The van der Waals surface area contributed by atoms with Crippen molar-refractivity contribution in [2.24, 2.45) is 27.9 Å². The Labute approximate surface area is 155 Å². The second kappa shape index (κ2) is 11.6. The zero-order valence-corrected chi connectivity index (χ0v) is 14.9. The summed E-state index contributed by atoms with van der Waals surface area (Å²) in [5.41, 5.74) is 20.7. The van der Waals surface area contributed by atoms with Crippen LogP contribution in [0.4, 0.5) is 0 Å². The van der Waals surface area contributed by atoms with Gasteiger partial charge in [0.15, 0.2) is 5.96 Å².